The fraction of sp³-hybridized carbons (Fsp3) is 0.368. The molecule has 0 bridgehead atoms. The first kappa shape index (κ1) is 21.3. The molecule has 0 unspecified atom stereocenters. The van der Waals surface area contributed by atoms with Crippen LogP contribution in [-0.4, -0.2) is 44.2 Å². The molecular weight excluding hydrogens is 444 g/mol. The number of aromatic amines is 1. The van der Waals surface area contributed by atoms with Crippen LogP contribution >= 0.6 is 10.7 Å². The summed E-state index contributed by atoms with van der Waals surface area (Å²) in [6, 6.07) is 4.32. The van der Waals surface area contributed by atoms with Crippen LogP contribution in [-0.2, 0) is 15.6 Å². The molecule has 0 spiro atoms. The lowest BCUT2D eigenvalue weighted by Crippen LogP contribution is -2.28. The third-order valence-electron chi connectivity index (χ3n) is 4.65. The van der Waals surface area contributed by atoms with Crippen LogP contribution in [0.25, 0.3) is 28.2 Å². The SMILES string of the molecule is CCCOc1ccc(S(=O)(=O)Cl)cc1-c1nc2c([nH]1)c1nncn1c(=O)n2CC(C)C. The first-order valence-corrected chi connectivity index (χ1v) is 12.1. The molecule has 0 amide bonds. The molecule has 0 aliphatic rings. The highest BCUT2D eigenvalue weighted by atomic mass is 35.7. The van der Waals surface area contributed by atoms with Crippen molar-refractivity contribution < 1.29 is 13.2 Å². The second kappa shape index (κ2) is 7.97. The second-order valence-corrected chi connectivity index (χ2v) is 10.1. The minimum atomic E-state index is -3.96. The average Bonchev–Trinajstić information content (AvgIpc) is 3.35. The van der Waals surface area contributed by atoms with Gasteiger partial charge < -0.3 is 9.72 Å². The highest BCUT2D eigenvalue weighted by molar-refractivity contribution is 8.13. The average molecular weight is 465 g/mol. The number of hydrogen-bond acceptors (Lipinski definition) is 7. The van der Waals surface area contributed by atoms with Crippen LogP contribution in [0.4, 0.5) is 0 Å². The number of aromatic nitrogens is 6. The fourth-order valence-corrected chi connectivity index (χ4v) is 4.10. The van der Waals surface area contributed by atoms with Crippen molar-refractivity contribution in [2.24, 2.45) is 5.92 Å². The van der Waals surface area contributed by atoms with E-state index < -0.39 is 9.05 Å². The van der Waals surface area contributed by atoms with Gasteiger partial charge in [-0.25, -0.2) is 22.6 Å². The molecular formula is C19H21ClN6O4S. The molecule has 4 rings (SSSR count). The molecule has 0 saturated heterocycles. The normalized spacial score (nSPS) is 12.3. The van der Waals surface area contributed by atoms with Crippen LogP contribution < -0.4 is 10.4 Å². The van der Waals surface area contributed by atoms with Gasteiger partial charge in [0.25, 0.3) is 9.05 Å². The topological polar surface area (TPSA) is 124 Å². The van der Waals surface area contributed by atoms with E-state index in [0.717, 1.165) is 6.42 Å². The lowest BCUT2D eigenvalue weighted by atomic mass is 10.2. The molecule has 3 heterocycles. The molecule has 3 aromatic heterocycles. The number of rotatable bonds is 7. The summed E-state index contributed by atoms with van der Waals surface area (Å²) in [6.45, 7) is 6.82. The van der Waals surface area contributed by atoms with Crippen LogP contribution in [0.3, 0.4) is 0 Å². The summed E-state index contributed by atoms with van der Waals surface area (Å²) in [4.78, 5) is 20.7. The van der Waals surface area contributed by atoms with Gasteiger partial charge in [0.2, 0.25) is 0 Å². The third-order valence-corrected chi connectivity index (χ3v) is 6.00. The zero-order valence-corrected chi connectivity index (χ0v) is 18.7. The Balaban J connectivity index is 2.01. The van der Waals surface area contributed by atoms with Crippen molar-refractivity contribution in [2.75, 3.05) is 6.61 Å². The Labute approximate surface area is 182 Å². The molecule has 0 atom stereocenters. The number of nitrogens with one attached hydrogen (secondary N) is 1. The summed E-state index contributed by atoms with van der Waals surface area (Å²) in [7, 11) is 1.59. The largest absolute Gasteiger partial charge is 0.493 e. The molecule has 0 radical (unpaired) electrons. The second-order valence-electron chi connectivity index (χ2n) is 7.54. The Morgan fingerprint density at radius 3 is 2.71 bits per heavy atom. The first-order valence-electron chi connectivity index (χ1n) is 9.74. The van der Waals surface area contributed by atoms with Crippen molar-refractivity contribution in [3.63, 3.8) is 0 Å². The Kier molecular flexibility index (Phi) is 5.48. The van der Waals surface area contributed by atoms with Crippen molar-refractivity contribution in [3.8, 4) is 17.1 Å². The lowest BCUT2D eigenvalue weighted by molar-refractivity contribution is 0.318. The van der Waals surface area contributed by atoms with Crippen molar-refractivity contribution in [1.29, 1.82) is 0 Å². The Bertz CT molecular complexity index is 1440. The predicted molar refractivity (Wildman–Crippen MR) is 116 cm³/mol. The monoisotopic (exact) mass is 464 g/mol. The number of nitrogens with zero attached hydrogens (tertiary/aromatic N) is 5. The zero-order chi connectivity index (χ0) is 22.3. The van der Waals surface area contributed by atoms with Gasteiger partial charge in [0.05, 0.1) is 17.1 Å². The van der Waals surface area contributed by atoms with Gasteiger partial charge in [-0.2, -0.15) is 0 Å². The Hall–Kier alpha value is -2.92. The van der Waals surface area contributed by atoms with E-state index >= 15 is 0 Å². The van der Waals surface area contributed by atoms with Gasteiger partial charge in [-0.05, 0) is 30.5 Å². The van der Waals surface area contributed by atoms with E-state index in [1.165, 1.54) is 22.9 Å². The van der Waals surface area contributed by atoms with Crippen LogP contribution in [0, 0.1) is 5.92 Å². The van der Waals surface area contributed by atoms with E-state index in [9.17, 15) is 13.2 Å². The maximum atomic E-state index is 12.9. The molecule has 0 fully saturated rings. The van der Waals surface area contributed by atoms with Crippen LogP contribution in [0.1, 0.15) is 27.2 Å². The van der Waals surface area contributed by atoms with Crippen molar-refractivity contribution in [3.05, 3.63) is 35.0 Å². The molecule has 31 heavy (non-hydrogen) atoms. The van der Waals surface area contributed by atoms with E-state index in [4.69, 9.17) is 15.4 Å². The van der Waals surface area contributed by atoms with Crippen molar-refractivity contribution in [1.82, 2.24) is 29.1 Å². The van der Waals surface area contributed by atoms with E-state index in [1.807, 2.05) is 20.8 Å². The minimum Gasteiger partial charge on any atom is -0.493 e. The fourth-order valence-electron chi connectivity index (χ4n) is 3.32. The molecule has 12 heteroatoms. The number of benzene rings is 1. The zero-order valence-electron chi connectivity index (χ0n) is 17.2. The number of H-pyrrole nitrogens is 1. The maximum absolute atomic E-state index is 12.9. The summed E-state index contributed by atoms with van der Waals surface area (Å²) in [5, 5.41) is 7.89. The third kappa shape index (κ3) is 3.90. The minimum absolute atomic E-state index is 0.0827. The summed E-state index contributed by atoms with van der Waals surface area (Å²) in [5.74, 6) is 0.958. The number of ether oxygens (including phenoxy) is 1. The molecule has 0 saturated carbocycles. The summed E-state index contributed by atoms with van der Waals surface area (Å²) in [6.07, 6.45) is 2.12. The smallest absolute Gasteiger partial charge is 0.336 e. The van der Waals surface area contributed by atoms with Crippen molar-refractivity contribution in [2.45, 2.75) is 38.6 Å². The maximum Gasteiger partial charge on any atom is 0.336 e. The Morgan fingerprint density at radius 2 is 2.03 bits per heavy atom. The van der Waals surface area contributed by atoms with Gasteiger partial charge in [-0.15, -0.1) is 10.2 Å². The van der Waals surface area contributed by atoms with Gasteiger partial charge >= 0.3 is 5.69 Å². The highest BCUT2D eigenvalue weighted by Gasteiger charge is 2.21. The van der Waals surface area contributed by atoms with Crippen LogP contribution in [0.15, 0.2) is 34.2 Å². The molecule has 4 aromatic rings. The van der Waals surface area contributed by atoms with Gasteiger partial charge in [0.15, 0.2) is 11.3 Å². The molecule has 1 aromatic carbocycles. The lowest BCUT2D eigenvalue weighted by Gasteiger charge is -2.10. The molecule has 10 nitrogen and oxygen atoms in total. The first-order chi connectivity index (χ1) is 14.7. The molecule has 0 aliphatic heterocycles. The van der Waals surface area contributed by atoms with Crippen LogP contribution in [0.5, 0.6) is 5.75 Å². The molecule has 164 valence electrons. The summed E-state index contributed by atoms with van der Waals surface area (Å²) in [5.41, 5.74) is 1.34. The molecule has 1 N–H and O–H groups in total. The van der Waals surface area contributed by atoms with Gasteiger partial charge in [-0.3, -0.25) is 4.57 Å². The van der Waals surface area contributed by atoms with E-state index in [-0.39, 0.29) is 16.5 Å². The number of hydrogen-bond donors (Lipinski definition) is 1. The van der Waals surface area contributed by atoms with E-state index in [1.54, 1.807) is 10.6 Å². The molecule has 0 aliphatic carbocycles. The van der Waals surface area contributed by atoms with Gasteiger partial charge in [-0.1, -0.05) is 20.8 Å². The predicted octanol–water partition coefficient (Wildman–Crippen LogP) is 2.81. The van der Waals surface area contributed by atoms with Gasteiger partial charge in [0, 0.05) is 17.2 Å². The number of halogens is 1. The Morgan fingerprint density at radius 1 is 1.26 bits per heavy atom. The summed E-state index contributed by atoms with van der Waals surface area (Å²) >= 11 is 0. The number of imidazole rings is 1. The van der Waals surface area contributed by atoms with Gasteiger partial charge in [0.1, 0.15) is 23.4 Å². The van der Waals surface area contributed by atoms with E-state index in [0.29, 0.717) is 47.1 Å². The summed E-state index contributed by atoms with van der Waals surface area (Å²) < 4.78 is 32.5. The quantitative estimate of drug-likeness (QED) is 0.417. The highest BCUT2D eigenvalue weighted by Crippen LogP contribution is 2.33. The number of fused-ring (bicyclic) bond motifs is 3. The van der Waals surface area contributed by atoms with Crippen molar-refractivity contribution >= 4 is 36.5 Å². The van der Waals surface area contributed by atoms with Crippen LogP contribution in [0.2, 0.25) is 0 Å². The van der Waals surface area contributed by atoms with E-state index in [2.05, 4.69) is 20.2 Å². The standard InChI is InChI=1S/C19H21ClN6O4S/c1-4-7-30-14-6-5-12(31(20,28)29)8-13(14)16-22-15-17(23-16)25(9-11(2)3)19(27)26-10-21-24-18(15)26/h5-6,8,10-11H,4,7,9H2,1-3H3,(H,22,23).